The topological polar surface area (TPSA) is 484 Å². The van der Waals surface area contributed by atoms with Crippen LogP contribution in [0.4, 0.5) is 0 Å². The summed E-state index contributed by atoms with van der Waals surface area (Å²) in [5.74, 6) is 0. The van der Waals surface area contributed by atoms with Crippen molar-refractivity contribution in [2.45, 2.75) is 6.92 Å². The van der Waals surface area contributed by atoms with Crippen LogP contribution >= 0.6 is 0 Å². The summed E-state index contributed by atoms with van der Waals surface area (Å²) in [4.78, 5) is 57.8. The van der Waals surface area contributed by atoms with E-state index in [9.17, 15) is 0 Å². The van der Waals surface area contributed by atoms with E-state index in [1.807, 2.05) is 0 Å². The van der Waals surface area contributed by atoms with Gasteiger partial charge in [0.15, 0.2) is 0 Å². The van der Waals surface area contributed by atoms with Crippen LogP contribution in [-0.4, -0.2) is 92.8 Å². The fourth-order valence-corrected chi connectivity index (χ4v) is 0. The Morgan fingerprint density at radius 3 is 0.424 bits per heavy atom. The summed E-state index contributed by atoms with van der Waals surface area (Å²) >= 11 is 0. The van der Waals surface area contributed by atoms with Crippen molar-refractivity contribution in [2.24, 2.45) is 0 Å². The maximum atomic E-state index is 8.25. The minimum Gasteiger partial charge on any atom is -0.397 e. The van der Waals surface area contributed by atoms with Gasteiger partial charge in [-0.3, -0.25) is 0 Å². The SMILES string of the molecule is CCO.O=[N+]([O-])[O-].O=[N+]([O-])[O-].O=[N+]([O-])[O-].O=[N+]([O-])[O-].O=[N+]([O-])[O-].O=[N+]([O-])[O-].O=[N+]([O-])[O-].[Nb+5].[Sr+2]. The number of aliphatic hydroxyl groups excluding tert-OH is 1. The second kappa shape index (κ2) is 63.0. The smallest absolute Gasteiger partial charge is 0.397 e. The van der Waals surface area contributed by atoms with E-state index >= 15 is 0 Å². The Morgan fingerprint density at radius 1 is 0.424 bits per heavy atom. The van der Waals surface area contributed by atoms with Gasteiger partial charge >= 0.3 is 67.9 Å². The second-order valence-electron chi connectivity index (χ2n) is 1.88. The van der Waals surface area contributed by atoms with Crippen molar-refractivity contribution < 1.29 is 63.1 Å². The van der Waals surface area contributed by atoms with Crippen LogP contribution in [0, 0.1) is 107 Å². The second-order valence-corrected chi connectivity index (χ2v) is 1.88. The zero-order valence-corrected chi connectivity index (χ0v) is 20.7. The fraction of sp³-hybridized carbons (Fsp3) is 1.00. The van der Waals surface area contributed by atoms with Crippen molar-refractivity contribution >= 4 is 45.5 Å². The average molecular weight is 661 g/mol. The number of aliphatic hydroxyl groups is 1. The first-order valence-corrected chi connectivity index (χ1v) is 4.86. The largest absolute Gasteiger partial charge is 5.00 e. The molecule has 0 aliphatic carbocycles. The average Bonchev–Trinajstić information content (AvgIpc) is 2.32. The molecule has 1 N–H and O–H groups in total. The summed E-state index contributed by atoms with van der Waals surface area (Å²) in [5.41, 5.74) is 0. The van der Waals surface area contributed by atoms with E-state index in [2.05, 4.69) is 0 Å². The van der Waals surface area contributed by atoms with Crippen molar-refractivity contribution in [1.82, 2.24) is 0 Å². The molecule has 31 heteroatoms. The molecular weight excluding hydrogens is 655 g/mol. The zero-order valence-electron chi connectivity index (χ0n) is 15.0. The van der Waals surface area contributed by atoms with E-state index in [-0.39, 0.29) is 74.5 Å². The maximum Gasteiger partial charge on any atom is 5.00 e. The normalized spacial score (nSPS) is 5.64. The summed E-state index contributed by atoms with van der Waals surface area (Å²) in [6.07, 6.45) is 0. The summed E-state index contributed by atoms with van der Waals surface area (Å²) in [6.45, 7) is 1.93. The summed E-state index contributed by atoms with van der Waals surface area (Å²) in [5, 5.41) is 111. The molecule has 188 valence electrons. The van der Waals surface area contributed by atoms with E-state index in [1.54, 1.807) is 6.92 Å². The van der Waals surface area contributed by atoms with E-state index in [0.717, 1.165) is 0 Å². The summed E-state index contributed by atoms with van der Waals surface area (Å²) in [6, 6.07) is 0. The Labute approximate surface area is 228 Å². The molecular formula is C2H6N7NbO22Sr. The third-order valence-corrected chi connectivity index (χ3v) is 0. The van der Waals surface area contributed by atoms with Crippen molar-refractivity contribution in [3.8, 4) is 0 Å². The molecule has 0 aliphatic rings. The minimum absolute atomic E-state index is 0. The van der Waals surface area contributed by atoms with Gasteiger partial charge in [-0.15, -0.1) is 0 Å². The monoisotopic (exact) mass is 661 g/mol. The van der Waals surface area contributed by atoms with Gasteiger partial charge in [0.25, 0.3) is 0 Å². The first-order chi connectivity index (χ1) is 13.5. The van der Waals surface area contributed by atoms with Crippen LogP contribution in [0.25, 0.3) is 0 Å². The first-order valence-electron chi connectivity index (χ1n) is 4.86. The predicted molar refractivity (Wildman–Crippen MR) is 91.0 cm³/mol. The van der Waals surface area contributed by atoms with E-state index in [4.69, 9.17) is 112 Å². The van der Waals surface area contributed by atoms with Crippen LogP contribution in [0.15, 0.2) is 0 Å². The molecule has 0 aromatic carbocycles. The zero-order chi connectivity index (χ0) is 27.7. The fourth-order valence-electron chi connectivity index (χ4n) is 0. The van der Waals surface area contributed by atoms with Gasteiger partial charge in [0.2, 0.25) is 0 Å². The molecule has 0 heterocycles. The van der Waals surface area contributed by atoms with Gasteiger partial charge in [0.05, 0.1) is 35.6 Å². The van der Waals surface area contributed by atoms with Crippen LogP contribution in [0.3, 0.4) is 0 Å². The Bertz CT molecular complexity index is 339. The molecule has 0 aromatic heterocycles. The molecule has 0 bridgehead atoms. The molecule has 0 fully saturated rings. The first kappa shape index (κ1) is 63.0. The van der Waals surface area contributed by atoms with Crippen molar-refractivity contribution in [2.75, 3.05) is 6.61 Å². The van der Waals surface area contributed by atoms with Gasteiger partial charge in [0.1, 0.15) is 0 Å². The summed E-state index contributed by atoms with van der Waals surface area (Å²) < 4.78 is 0. The third-order valence-electron chi connectivity index (χ3n) is 0. The maximum absolute atomic E-state index is 8.25. The number of rotatable bonds is 0. The number of hydrogen-bond acceptors (Lipinski definition) is 22. The predicted octanol–water partition coefficient (Wildman–Crippen LogP) is -2.06. The van der Waals surface area contributed by atoms with E-state index < -0.39 is 35.6 Å². The Kier molecular flexibility index (Phi) is 120. The molecule has 0 rings (SSSR count). The molecule has 29 nitrogen and oxygen atoms in total. The molecule has 0 spiro atoms. The summed E-state index contributed by atoms with van der Waals surface area (Å²) in [7, 11) is 0. The van der Waals surface area contributed by atoms with Gasteiger partial charge in [-0.2, -0.15) is 0 Å². The molecule has 0 aliphatic heterocycles. The van der Waals surface area contributed by atoms with Crippen LogP contribution < -0.4 is 0 Å². The third kappa shape index (κ3) is 1730. The van der Waals surface area contributed by atoms with Crippen LogP contribution in [0.1, 0.15) is 6.92 Å². The molecule has 0 saturated carbocycles. The van der Waals surface area contributed by atoms with E-state index in [0.29, 0.717) is 0 Å². The van der Waals surface area contributed by atoms with E-state index in [1.165, 1.54) is 0 Å². The van der Waals surface area contributed by atoms with Gasteiger partial charge in [0, 0.05) is 6.61 Å². The number of nitrogens with zero attached hydrogens (tertiary/aromatic N) is 7. The quantitative estimate of drug-likeness (QED) is 0.166. The Hall–Kier alpha value is -3.42. The van der Waals surface area contributed by atoms with Crippen LogP contribution in [-0.2, 0) is 22.4 Å². The van der Waals surface area contributed by atoms with Crippen molar-refractivity contribution in [1.29, 1.82) is 0 Å². The number of hydrogen-bond donors (Lipinski definition) is 1. The standard InChI is InChI=1S/C2H6O.7NO3.Nb.Sr/c1-2-3;7*2-1(3)4;;/h3H,2H2,1H3;;;;;;;;;/q;7*-1;+5;+2. The van der Waals surface area contributed by atoms with Gasteiger partial charge in [-0.25, -0.2) is 0 Å². The molecule has 0 amide bonds. The Balaban J connectivity index is -0.0000000227. The van der Waals surface area contributed by atoms with Crippen LogP contribution in [0.2, 0.25) is 0 Å². The van der Waals surface area contributed by atoms with Crippen LogP contribution in [0.5, 0.6) is 0 Å². The molecule has 0 unspecified atom stereocenters. The molecule has 0 radical (unpaired) electrons. The Morgan fingerprint density at radius 2 is 0.424 bits per heavy atom. The van der Waals surface area contributed by atoms with Crippen molar-refractivity contribution in [3.63, 3.8) is 0 Å². The minimum atomic E-state index is -1.75. The van der Waals surface area contributed by atoms with Gasteiger partial charge in [-0.05, 0) is 6.92 Å². The molecule has 0 aromatic rings. The van der Waals surface area contributed by atoms with Gasteiger partial charge in [-0.1, -0.05) is 0 Å². The molecule has 0 atom stereocenters. The van der Waals surface area contributed by atoms with Crippen molar-refractivity contribution in [3.05, 3.63) is 107 Å². The van der Waals surface area contributed by atoms with Gasteiger partial charge < -0.3 is 112 Å². The molecule has 33 heavy (non-hydrogen) atoms. The molecule has 0 saturated heterocycles.